The van der Waals surface area contributed by atoms with E-state index in [4.69, 9.17) is 19.7 Å². The Morgan fingerprint density at radius 2 is 1.35 bits per heavy atom. The van der Waals surface area contributed by atoms with E-state index in [1.165, 1.54) is 16.7 Å². The molecule has 9 nitrogen and oxygen atoms in total. The van der Waals surface area contributed by atoms with Gasteiger partial charge in [0.1, 0.15) is 0 Å². The van der Waals surface area contributed by atoms with E-state index in [9.17, 15) is 14.7 Å². The number of methoxy groups -OCH3 is 2. The molecule has 1 saturated heterocycles. The summed E-state index contributed by atoms with van der Waals surface area (Å²) in [5, 5.41) is 26.9. The first-order valence-electron chi connectivity index (χ1n) is 14.4. The Bertz CT molecular complexity index is 1320. The van der Waals surface area contributed by atoms with Gasteiger partial charge in [0.05, 0.1) is 26.4 Å². The first kappa shape index (κ1) is 31.7. The van der Waals surface area contributed by atoms with Crippen molar-refractivity contribution in [3.8, 4) is 11.5 Å². The van der Waals surface area contributed by atoms with Gasteiger partial charge in [-0.05, 0) is 47.2 Å². The highest BCUT2D eigenvalue weighted by molar-refractivity contribution is 5.89. The Labute approximate surface area is 252 Å². The third-order valence-corrected chi connectivity index (χ3v) is 8.06. The average molecular weight is 589 g/mol. The van der Waals surface area contributed by atoms with Crippen molar-refractivity contribution in [2.45, 2.75) is 25.0 Å². The lowest BCUT2D eigenvalue weighted by molar-refractivity contribution is -0.134. The van der Waals surface area contributed by atoms with Crippen LogP contribution in [0, 0.1) is 5.92 Å². The van der Waals surface area contributed by atoms with Crippen molar-refractivity contribution in [2.24, 2.45) is 5.92 Å². The molecular formula is C34H40N2O7. The van der Waals surface area contributed by atoms with Crippen LogP contribution < -0.4 is 9.47 Å². The number of ether oxygens (including phenoxy) is 2. The standard InChI is InChI=1S/C30H36N2O3.C4H4O4/c1-34-27-19-24-13-14-25(30(33)26(24)20-28(27)35-2)21-31-15-17-32(18-16-31)29(22-9-5-3-6-10-22)23-11-7-4-8-12-23;5-3(6)1-2-4(7)8/h3-12,19-20,25,29-30,33H,13-18,21H2,1-2H3;1-2H,(H,5,6)(H,7,8). The van der Waals surface area contributed by atoms with Crippen LogP contribution in [0.1, 0.15) is 40.8 Å². The number of nitrogens with zero attached hydrogens (tertiary/aromatic N) is 2. The first-order valence-corrected chi connectivity index (χ1v) is 14.4. The summed E-state index contributed by atoms with van der Waals surface area (Å²) in [6, 6.07) is 25.9. The average Bonchev–Trinajstić information content (AvgIpc) is 3.03. The highest BCUT2D eigenvalue weighted by Gasteiger charge is 2.33. The Balaban J connectivity index is 0.000000467. The predicted octanol–water partition coefficient (Wildman–Crippen LogP) is 4.42. The number of fused-ring (bicyclic) bond motifs is 1. The fourth-order valence-corrected chi connectivity index (χ4v) is 5.94. The molecule has 2 aliphatic rings. The molecular weight excluding hydrogens is 548 g/mol. The van der Waals surface area contributed by atoms with Crippen LogP contribution in [-0.4, -0.2) is 84.0 Å². The van der Waals surface area contributed by atoms with Gasteiger partial charge in [-0.3, -0.25) is 4.90 Å². The molecule has 0 amide bonds. The van der Waals surface area contributed by atoms with Crippen LogP contribution in [0.3, 0.4) is 0 Å². The number of hydrogen-bond donors (Lipinski definition) is 3. The molecule has 5 rings (SSSR count). The largest absolute Gasteiger partial charge is 0.493 e. The number of aliphatic hydroxyl groups is 1. The van der Waals surface area contributed by atoms with E-state index < -0.39 is 18.0 Å². The van der Waals surface area contributed by atoms with Gasteiger partial charge in [-0.25, -0.2) is 9.59 Å². The Hall–Kier alpha value is -4.18. The van der Waals surface area contributed by atoms with Gasteiger partial charge in [-0.1, -0.05) is 60.7 Å². The molecule has 0 saturated carbocycles. The highest BCUT2D eigenvalue weighted by Crippen LogP contribution is 2.41. The highest BCUT2D eigenvalue weighted by atomic mass is 16.5. The lowest BCUT2D eigenvalue weighted by Crippen LogP contribution is -2.49. The van der Waals surface area contributed by atoms with Crippen LogP contribution in [0.25, 0.3) is 0 Å². The lowest BCUT2D eigenvalue weighted by Gasteiger charge is -2.42. The summed E-state index contributed by atoms with van der Waals surface area (Å²) >= 11 is 0. The normalized spacial score (nSPS) is 18.9. The number of carboxylic acid groups (broad SMARTS) is 2. The van der Waals surface area contributed by atoms with Crippen LogP contribution in [0.5, 0.6) is 11.5 Å². The number of aliphatic carboxylic acids is 2. The summed E-state index contributed by atoms with van der Waals surface area (Å²) < 4.78 is 11.0. The molecule has 3 aromatic rings. The second-order valence-electron chi connectivity index (χ2n) is 10.7. The molecule has 228 valence electrons. The number of hydrogen-bond acceptors (Lipinski definition) is 7. The molecule has 2 unspecified atom stereocenters. The van der Waals surface area contributed by atoms with Crippen molar-refractivity contribution in [3.05, 3.63) is 107 Å². The van der Waals surface area contributed by atoms with Crippen LogP contribution in [0.4, 0.5) is 0 Å². The number of aryl methyl sites for hydroxylation is 1. The first-order chi connectivity index (χ1) is 20.8. The van der Waals surface area contributed by atoms with E-state index in [2.05, 4.69) is 70.5 Å². The van der Waals surface area contributed by atoms with Crippen molar-refractivity contribution < 1.29 is 34.4 Å². The van der Waals surface area contributed by atoms with Crippen molar-refractivity contribution in [1.82, 2.24) is 9.80 Å². The third kappa shape index (κ3) is 8.44. The predicted molar refractivity (Wildman–Crippen MR) is 163 cm³/mol. The van der Waals surface area contributed by atoms with Crippen LogP contribution in [-0.2, 0) is 16.0 Å². The molecule has 9 heteroatoms. The maximum Gasteiger partial charge on any atom is 0.328 e. The van der Waals surface area contributed by atoms with Gasteiger partial charge < -0.3 is 29.7 Å². The fraction of sp³-hybridized carbons (Fsp3) is 0.353. The van der Waals surface area contributed by atoms with Gasteiger partial charge in [0.15, 0.2) is 11.5 Å². The molecule has 0 bridgehead atoms. The monoisotopic (exact) mass is 588 g/mol. The Morgan fingerprint density at radius 1 is 0.837 bits per heavy atom. The molecule has 3 aromatic carbocycles. The Kier molecular flexibility index (Phi) is 11.3. The van der Waals surface area contributed by atoms with Crippen molar-refractivity contribution in [1.29, 1.82) is 0 Å². The number of piperazine rings is 1. The molecule has 1 fully saturated rings. The number of rotatable bonds is 9. The minimum absolute atomic E-state index is 0.228. The second-order valence-corrected chi connectivity index (χ2v) is 10.7. The summed E-state index contributed by atoms with van der Waals surface area (Å²) in [6.07, 6.45) is 2.59. The molecule has 0 radical (unpaired) electrons. The summed E-state index contributed by atoms with van der Waals surface area (Å²) in [5.41, 5.74) is 4.85. The molecule has 1 aliphatic carbocycles. The van der Waals surface area contributed by atoms with Gasteiger partial charge in [0.2, 0.25) is 0 Å². The fourth-order valence-electron chi connectivity index (χ4n) is 5.94. The number of carboxylic acids is 2. The molecule has 0 spiro atoms. The van der Waals surface area contributed by atoms with Gasteiger partial charge >= 0.3 is 11.9 Å². The maximum atomic E-state index is 11.2. The number of aliphatic hydroxyl groups excluding tert-OH is 1. The number of carbonyl (C=O) groups is 2. The summed E-state index contributed by atoms with van der Waals surface area (Å²) in [5.74, 6) is -0.863. The topological polar surface area (TPSA) is 120 Å². The van der Waals surface area contributed by atoms with E-state index >= 15 is 0 Å². The molecule has 43 heavy (non-hydrogen) atoms. The van der Waals surface area contributed by atoms with E-state index in [1.54, 1.807) is 14.2 Å². The van der Waals surface area contributed by atoms with Crippen molar-refractivity contribution in [3.63, 3.8) is 0 Å². The third-order valence-electron chi connectivity index (χ3n) is 8.06. The molecule has 2 atom stereocenters. The van der Waals surface area contributed by atoms with Crippen molar-refractivity contribution >= 4 is 11.9 Å². The van der Waals surface area contributed by atoms with Crippen LogP contribution >= 0.6 is 0 Å². The summed E-state index contributed by atoms with van der Waals surface area (Å²) in [6.45, 7) is 4.97. The van der Waals surface area contributed by atoms with Gasteiger partial charge in [-0.2, -0.15) is 0 Å². The smallest absolute Gasteiger partial charge is 0.328 e. The molecule has 0 aromatic heterocycles. The van der Waals surface area contributed by atoms with Gasteiger partial charge in [-0.15, -0.1) is 0 Å². The quantitative estimate of drug-likeness (QED) is 0.312. The molecule has 1 heterocycles. The van der Waals surface area contributed by atoms with Gasteiger partial charge in [0.25, 0.3) is 0 Å². The zero-order chi connectivity index (χ0) is 30.8. The SMILES string of the molecule is COc1cc2c(cc1OC)C(O)C(CN1CCN(C(c3ccccc3)c3ccccc3)CC1)CC2.O=C(O)C=CC(=O)O. The molecule has 1 aliphatic heterocycles. The van der Waals surface area contributed by atoms with E-state index in [0.29, 0.717) is 17.9 Å². The Morgan fingerprint density at radius 3 is 1.84 bits per heavy atom. The lowest BCUT2D eigenvalue weighted by atomic mass is 9.80. The van der Waals surface area contributed by atoms with E-state index in [1.807, 2.05) is 12.1 Å². The summed E-state index contributed by atoms with van der Waals surface area (Å²) in [4.78, 5) is 24.2. The number of benzene rings is 3. The minimum atomic E-state index is -1.26. The summed E-state index contributed by atoms with van der Waals surface area (Å²) in [7, 11) is 3.31. The van der Waals surface area contributed by atoms with E-state index in [0.717, 1.165) is 56.9 Å². The van der Waals surface area contributed by atoms with Crippen LogP contribution in [0.15, 0.2) is 84.9 Å². The second kappa shape index (κ2) is 15.3. The zero-order valence-corrected chi connectivity index (χ0v) is 24.6. The van der Waals surface area contributed by atoms with Crippen LogP contribution in [0.2, 0.25) is 0 Å². The van der Waals surface area contributed by atoms with E-state index in [-0.39, 0.29) is 12.0 Å². The maximum absolute atomic E-state index is 11.2. The molecule has 3 N–H and O–H groups in total. The zero-order valence-electron chi connectivity index (χ0n) is 24.6. The van der Waals surface area contributed by atoms with Gasteiger partial charge in [0, 0.05) is 50.8 Å². The van der Waals surface area contributed by atoms with Crippen molar-refractivity contribution in [2.75, 3.05) is 46.9 Å². The minimum Gasteiger partial charge on any atom is -0.493 e.